The number of nitrogens with zero attached hydrogens (tertiary/aromatic N) is 4. The summed E-state index contributed by atoms with van der Waals surface area (Å²) in [4.78, 5) is 69.9. The Hall–Kier alpha value is -4.08. The number of aryl methyl sites for hydroxylation is 2. The van der Waals surface area contributed by atoms with E-state index >= 15 is 0 Å². The molecule has 1 aliphatic rings. The van der Waals surface area contributed by atoms with Crippen LogP contribution in [0.25, 0.3) is 11.0 Å². The predicted octanol–water partition coefficient (Wildman–Crippen LogP) is 1.87. The number of piperidine rings is 1. The number of carbonyl (C=O) groups is 3. The molecule has 4 rings (SSSR count). The Morgan fingerprint density at radius 3 is 2.31 bits per heavy atom. The van der Waals surface area contributed by atoms with E-state index in [1.165, 1.54) is 18.5 Å². The minimum atomic E-state index is -0.738. The molecule has 3 aromatic rings. The number of likely N-dealkylation sites (tertiary alicyclic amines) is 1. The molecule has 0 radical (unpaired) electrons. The highest BCUT2D eigenvalue weighted by molar-refractivity contribution is 6.05. The average Bonchev–Trinajstić information content (AvgIpc) is 2.85. The highest BCUT2D eigenvalue weighted by atomic mass is 16.2. The van der Waals surface area contributed by atoms with Crippen LogP contribution in [0, 0.1) is 6.92 Å². The van der Waals surface area contributed by atoms with Crippen molar-refractivity contribution in [1.82, 2.24) is 19.0 Å². The van der Waals surface area contributed by atoms with E-state index in [0.717, 1.165) is 23.8 Å². The van der Waals surface area contributed by atoms with Crippen LogP contribution in [0.2, 0.25) is 0 Å². The third-order valence-electron chi connectivity index (χ3n) is 6.17. The Morgan fingerprint density at radius 1 is 1.03 bits per heavy atom. The van der Waals surface area contributed by atoms with Crippen LogP contribution in [0.3, 0.4) is 0 Å². The van der Waals surface area contributed by atoms with Crippen molar-refractivity contribution >= 4 is 34.3 Å². The van der Waals surface area contributed by atoms with Gasteiger partial charge in [0.15, 0.2) is 5.78 Å². The van der Waals surface area contributed by atoms with E-state index in [0.29, 0.717) is 30.0 Å². The molecule has 10 heteroatoms. The Balaban J connectivity index is 1.73. The van der Waals surface area contributed by atoms with Crippen LogP contribution in [0.15, 0.2) is 39.9 Å². The Bertz CT molecular complexity index is 1450. The number of Topliss-reactive ketones (excluding diaryl/α,β-unsaturated/α-hetero) is 1. The first kappa shape index (κ1) is 24.1. The number of amides is 2. The standard InChI is InChI=1S/C25H27N5O5/c1-15-13-19(23(33)29-11-5-4-6-12-29)21-22(26-15)28(3)25(35)30(24(21)34)14-20(32)27-18-9-7-17(8-10-18)16(2)31/h7-10,13H,4-6,11-12,14H2,1-3H3,(H,27,32). The smallest absolute Gasteiger partial charge is 0.332 e. The SMILES string of the molecule is CC(=O)c1ccc(NC(=O)Cn2c(=O)c3c(C(=O)N4CCCCC4)cc(C)nc3n(C)c2=O)cc1. The van der Waals surface area contributed by atoms with E-state index < -0.39 is 23.7 Å². The van der Waals surface area contributed by atoms with E-state index in [1.807, 2.05) is 0 Å². The molecule has 0 aliphatic carbocycles. The van der Waals surface area contributed by atoms with Crippen LogP contribution in [0.4, 0.5) is 5.69 Å². The van der Waals surface area contributed by atoms with Gasteiger partial charge in [0.1, 0.15) is 12.2 Å². The van der Waals surface area contributed by atoms with Crippen LogP contribution in [-0.2, 0) is 18.4 Å². The van der Waals surface area contributed by atoms with Crippen LogP contribution >= 0.6 is 0 Å². The van der Waals surface area contributed by atoms with Gasteiger partial charge in [0.05, 0.1) is 10.9 Å². The van der Waals surface area contributed by atoms with Gasteiger partial charge in [-0.15, -0.1) is 0 Å². The zero-order valence-electron chi connectivity index (χ0n) is 20.0. The number of hydrogen-bond donors (Lipinski definition) is 1. The number of anilines is 1. The molecule has 2 amide bonds. The van der Waals surface area contributed by atoms with Crippen molar-refractivity contribution in [2.24, 2.45) is 7.05 Å². The van der Waals surface area contributed by atoms with E-state index in [9.17, 15) is 24.0 Å². The molecule has 0 atom stereocenters. The van der Waals surface area contributed by atoms with E-state index in [-0.39, 0.29) is 28.3 Å². The molecule has 0 bridgehead atoms. The van der Waals surface area contributed by atoms with Gasteiger partial charge in [0.2, 0.25) is 5.91 Å². The minimum Gasteiger partial charge on any atom is -0.339 e. The maximum Gasteiger partial charge on any atom is 0.332 e. The van der Waals surface area contributed by atoms with Crippen molar-refractivity contribution in [3.05, 3.63) is 68.0 Å². The maximum absolute atomic E-state index is 13.4. The molecule has 3 heterocycles. The van der Waals surface area contributed by atoms with Gasteiger partial charge in [-0.25, -0.2) is 9.78 Å². The Labute approximate surface area is 201 Å². The van der Waals surface area contributed by atoms with E-state index in [4.69, 9.17) is 0 Å². The summed E-state index contributed by atoms with van der Waals surface area (Å²) >= 11 is 0. The second-order valence-electron chi connectivity index (χ2n) is 8.78. The van der Waals surface area contributed by atoms with Crippen LogP contribution in [0.1, 0.15) is 52.6 Å². The Morgan fingerprint density at radius 2 is 1.69 bits per heavy atom. The quantitative estimate of drug-likeness (QED) is 0.560. The number of pyridine rings is 1. The van der Waals surface area contributed by atoms with Crippen LogP contribution in [-0.4, -0.2) is 49.7 Å². The minimum absolute atomic E-state index is 0.0203. The first-order valence-electron chi connectivity index (χ1n) is 11.5. The fourth-order valence-corrected chi connectivity index (χ4v) is 4.31. The lowest BCUT2D eigenvalue weighted by atomic mass is 10.1. The number of ketones is 1. The second kappa shape index (κ2) is 9.65. The fraction of sp³-hybridized carbons (Fsp3) is 0.360. The van der Waals surface area contributed by atoms with Crippen molar-refractivity contribution in [1.29, 1.82) is 0 Å². The first-order valence-corrected chi connectivity index (χ1v) is 11.5. The van der Waals surface area contributed by atoms with Crippen molar-refractivity contribution in [2.45, 2.75) is 39.7 Å². The lowest BCUT2D eigenvalue weighted by Gasteiger charge is -2.27. The normalized spacial score (nSPS) is 13.6. The molecule has 0 unspecified atom stereocenters. The molecule has 35 heavy (non-hydrogen) atoms. The van der Waals surface area contributed by atoms with Crippen LogP contribution in [0.5, 0.6) is 0 Å². The number of benzene rings is 1. The van der Waals surface area contributed by atoms with E-state index in [2.05, 4.69) is 10.3 Å². The molecule has 1 aliphatic heterocycles. The molecule has 1 N–H and O–H groups in total. The summed E-state index contributed by atoms with van der Waals surface area (Å²) in [5.41, 5.74) is 0.273. The lowest BCUT2D eigenvalue weighted by Crippen LogP contribution is -2.43. The first-order chi connectivity index (χ1) is 16.7. The number of carbonyl (C=O) groups excluding carboxylic acids is 3. The van der Waals surface area contributed by atoms with Crippen molar-refractivity contribution in [3.63, 3.8) is 0 Å². The number of nitrogens with one attached hydrogen (secondary N) is 1. The summed E-state index contributed by atoms with van der Waals surface area (Å²) in [5.74, 6) is -0.978. The second-order valence-corrected chi connectivity index (χ2v) is 8.78. The summed E-state index contributed by atoms with van der Waals surface area (Å²) in [6, 6.07) is 7.85. The maximum atomic E-state index is 13.4. The van der Waals surface area contributed by atoms with Gasteiger partial charge in [-0.3, -0.25) is 28.3 Å². The Kier molecular flexibility index (Phi) is 6.63. The summed E-state index contributed by atoms with van der Waals surface area (Å²) in [5, 5.41) is 2.65. The molecule has 0 saturated carbocycles. The summed E-state index contributed by atoms with van der Waals surface area (Å²) in [6.07, 6.45) is 2.84. The van der Waals surface area contributed by atoms with Gasteiger partial charge >= 0.3 is 5.69 Å². The zero-order valence-corrected chi connectivity index (χ0v) is 20.0. The molecular weight excluding hydrogens is 450 g/mol. The molecule has 2 aromatic heterocycles. The molecular formula is C25H27N5O5. The monoisotopic (exact) mass is 477 g/mol. The number of aromatic nitrogens is 3. The lowest BCUT2D eigenvalue weighted by molar-refractivity contribution is -0.116. The van der Waals surface area contributed by atoms with Crippen molar-refractivity contribution in [3.8, 4) is 0 Å². The van der Waals surface area contributed by atoms with Gasteiger partial charge in [0, 0.05) is 37.1 Å². The zero-order chi connectivity index (χ0) is 25.3. The van der Waals surface area contributed by atoms with Gasteiger partial charge in [-0.05, 0) is 63.4 Å². The summed E-state index contributed by atoms with van der Waals surface area (Å²) in [6.45, 7) is 3.81. The third-order valence-corrected chi connectivity index (χ3v) is 6.17. The van der Waals surface area contributed by atoms with Gasteiger partial charge in [-0.2, -0.15) is 0 Å². The third kappa shape index (κ3) is 4.77. The van der Waals surface area contributed by atoms with Crippen molar-refractivity contribution in [2.75, 3.05) is 18.4 Å². The number of rotatable bonds is 5. The highest BCUT2D eigenvalue weighted by Gasteiger charge is 2.25. The highest BCUT2D eigenvalue weighted by Crippen LogP contribution is 2.19. The molecule has 182 valence electrons. The average molecular weight is 478 g/mol. The summed E-state index contributed by atoms with van der Waals surface area (Å²) in [7, 11) is 1.46. The van der Waals surface area contributed by atoms with E-state index in [1.54, 1.807) is 42.2 Å². The largest absolute Gasteiger partial charge is 0.339 e. The number of fused-ring (bicyclic) bond motifs is 1. The fourth-order valence-electron chi connectivity index (χ4n) is 4.31. The van der Waals surface area contributed by atoms with Crippen molar-refractivity contribution < 1.29 is 14.4 Å². The van der Waals surface area contributed by atoms with Gasteiger partial charge in [-0.1, -0.05) is 0 Å². The molecule has 1 saturated heterocycles. The molecule has 10 nitrogen and oxygen atoms in total. The molecule has 1 aromatic carbocycles. The van der Waals surface area contributed by atoms with Gasteiger partial charge < -0.3 is 10.2 Å². The van der Waals surface area contributed by atoms with Gasteiger partial charge in [0.25, 0.3) is 11.5 Å². The molecule has 1 fully saturated rings. The van der Waals surface area contributed by atoms with Crippen LogP contribution < -0.4 is 16.6 Å². The topological polar surface area (TPSA) is 123 Å². The predicted molar refractivity (Wildman–Crippen MR) is 131 cm³/mol. The summed E-state index contributed by atoms with van der Waals surface area (Å²) < 4.78 is 2.00. The molecule has 0 spiro atoms. The number of hydrogen-bond acceptors (Lipinski definition) is 6.